The van der Waals surface area contributed by atoms with E-state index in [1.165, 1.54) is 0 Å². The molecule has 0 atom stereocenters. The largest absolute Gasteiger partial charge is 1.00 e. The molecule has 0 unspecified atom stereocenters. The van der Waals surface area contributed by atoms with Gasteiger partial charge in [0.15, 0.2) is 46.0 Å². The Bertz CT molecular complexity index is 2000. The molecule has 0 aromatic heterocycles. The molecule has 0 bridgehead atoms. The molecule has 2 aliphatic carbocycles. The predicted molar refractivity (Wildman–Crippen MR) is 213 cm³/mol. The van der Waals surface area contributed by atoms with Gasteiger partial charge in [-0.2, -0.15) is 0 Å². The molecule has 0 saturated carbocycles. The van der Waals surface area contributed by atoms with E-state index in [4.69, 9.17) is 43.6 Å². The third kappa shape index (κ3) is 8.94. The molecule has 0 spiro atoms. The number of quaternary nitrogens is 1. The van der Waals surface area contributed by atoms with Crippen molar-refractivity contribution in [1.82, 2.24) is 0 Å². The van der Waals surface area contributed by atoms with E-state index in [1.807, 2.05) is 36.4 Å². The Labute approximate surface area is 339 Å². The minimum absolute atomic E-state index is 0. The summed E-state index contributed by atoms with van der Waals surface area (Å²) in [4.78, 5) is 24.8. The molecule has 0 radical (unpaired) electrons. The maximum Gasteiger partial charge on any atom is 0.203 e. The first-order valence-corrected chi connectivity index (χ1v) is 17.1. The van der Waals surface area contributed by atoms with Crippen molar-refractivity contribution in [2.24, 2.45) is 0 Å². The molecule has 5 N–H and O–H groups in total. The Kier molecular flexibility index (Phi) is 15.9. The first kappa shape index (κ1) is 44.8. The molecule has 4 aromatic carbocycles. The molecule has 4 aromatic rings. The molecule has 0 saturated heterocycles. The van der Waals surface area contributed by atoms with E-state index in [-0.39, 0.29) is 36.4 Å². The first-order valence-electron chi connectivity index (χ1n) is 17.1. The van der Waals surface area contributed by atoms with Crippen molar-refractivity contribution in [3.63, 3.8) is 0 Å². The Hall–Kier alpha value is -5.56. The maximum atomic E-state index is 12.4. The third-order valence-corrected chi connectivity index (χ3v) is 9.43. The lowest BCUT2D eigenvalue weighted by Gasteiger charge is -2.20. The number of ketones is 2. The summed E-state index contributed by atoms with van der Waals surface area (Å²) in [5.74, 6) is 4.69. The second kappa shape index (κ2) is 19.9. The number of benzene rings is 4. The van der Waals surface area contributed by atoms with Crippen molar-refractivity contribution in [2.75, 3.05) is 62.6 Å². The summed E-state index contributed by atoms with van der Waals surface area (Å²) in [5.41, 5.74) is 18.2. The number of hydrogen-bond donors (Lipinski definition) is 2. The maximum absolute atomic E-state index is 12.4. The van der Waals surface area contributed by atoms with Gasteiger partial charge < -0.3 is 61.8 Å². The number of anilines is 1. The van der Waals surface area contributed by atoms with E-state index in [0.717, 1.165) is 50.2 Å². The van der Waals surface area contributed by atoms with Crippen LogP contribution in [0, 0.1) is 0 Å². The molecule has 56 heavy (non-hydrogen) atoms. The summed E-state index contributed by atoms with van der Waals surface area (Å²) < 4.78 is 43.8. The van der Waals surface area contributed by atoms with E-state index >= 15 is 0 Å². The number of allylic oxidation sites excluding steroid dienone is 2. The highest BCUT2D eigenvalue weighted by atomic mass is 35.5. The number of rotatable bonds is 10. The second-order valence-electron chi connectivity index (χ2n) is 12.4. The molecule has 12 nitrogen and oxygen atoms in total. The van der Waals surface area contributed by atoms with Crippen LogP contribution >= 0.6 is 12.4 Å². The van der Waals surface area contributed by atoms with Crippen LogP contribution in [0.1, 0.15) is 46.2 Å². The van der Waals surface area contributed by atoms with Gasteiger partial charge in [-0.3, -0.25) is 9.59 Å². The molecule has 6 rings (SSSR count). The van der Waals surface area contributed by atoms with Crippen LogP contribution in [-0.2, 0) is 22.4 Å². The zero-order valence-electron chi connectivity index (χ0n) is 32.8. The van der Waals surface area contributed by atoms with E-state index in [0.29, 0.717) is 77.4 Å². The van der Waals surface area contributed by atoms with Gasteiger partial charge >= 0.3 is 0 Å². The quantitative estimate of drug-likeness (QED) is 0.227. The van der Waals surface area contributed by atoms with Crippen LogP contribution in [0.25, 0.3) is 11.1 Å². The summed E-state index contributed by atoms with van der Waals surface area (Å²) in [6, 6.07) is 14.9. The molecule has 0 fully saturated rings. The zero-order chi connectivity index (χ0) is 39.1. The monoisotopic (exact) mass is 810 g/mol. The topological polar surface area (TPSA) is 162 Å². The van der Waals surface area contributed by atoms with Gasteiger partial charge in [0.2, 0.25) is 11.5 Å². The summed E-state index contributed by atoms with van der Waals surface area (Å²) in [5, 5.41) is 0. The fourth-order valence-electron chi connectivity index (χ4n) is 6.85. The average Bonchev–Trinajstić information content (AvgIpc) is 3.46. The van der Waals surface area contributed by atoms with Crippen LogP contribution in [0.15, 0.2) is 60.7 Å². The normalized spacial score (nSPS) is 12.9. The van der Waals surface area contributed by atoms with Gasteiger partial charge in [-0.05, 0) is 88.7 Å². The number of ether oxygens (including phenoxy) is 8. The highest BCUT2D eigenvalue weighted by Gasteiger charge is 2.28. The van der Waals surface area contributed by atoms with Gasteiger partial charge in [-0.15, -0.1) is 12.4 Å². The number of halogens is 2. The van der Waals surface area contributed by atoms with E-state index in [9.17, 15) is 9.59 Å². The fraction of sp³-hybridized carbons (Fsp3) is 0.286. The number of hydrogen-bond acceptors (Lipinski definition) is 11. The standard InChI is InChI=1S/2C21H23NO5.2ClH/c2*1-24-18-8-5-12(9-17(18)22)15-10-13(23)6-7-14-16(15)11-19(25-2)21(27-4)20(14)26-3;;/h2*5,8-11H,6-7,22H2,1-4H3;2*1H. The molecule has 0 aliphatic heterocycles. The average molecular weight is 812 g/mol. The number of carbonyl (C=O) groups excluding carboxylic acids is 2. The van der Waals surface area contributed by atoms with Crippen molar-refractivity contribution in [3.8, 4) is 46.0 Å². The second-order valence-corrected chi connectivity index (χ2v) is 12.4. The highest BCUT2D eigenvalue weighted by molar-refractivity contribution is 6.04. The van der Waals surface area contributed by atoms with Crippen LogP contribution < -0.4 is 61.8 Å². The van der Waals surface area contributed by atoms with Gasteiger partial charge in [0, 0.05) is 30.0 Å². The van der Waals surface area contributed by atoms with Gasteiger partial charge in [0.1, 0.15) is 5.75 Å². The lowest BCUT2D eigenvalue weighted by molar-refractivity contribution is -0.256. The zero-order valence-corrected chi connectivity index (χ0v) is 34.3. The molecule has 300 valence electrons. The van der Waals surface area contributed by atoms with Gasteiger partial charge in [-0.25, -0.2) is 0 Å². The van der Waals surface area contributed by atoms with Crippen molar-refractivity contribution in [1.29, 1.82) is 0 Å². The number of fused-ring (bicyclic) bond motifs is 2. The number of carbonyl (C=O) groups is 2. The Morgan fingerprint density at radius 3 is 1.25 bits per heavy atom. The smallest absolute Gasteiger partial charge is 0.203 e. The van der Waals surface area contributed by atoms with Gasteiger partial charge in [0.25, 0.3) is 0 Å². The lowest BCUT2D eigenvalue weighted by Crippen LogP contribution is -3.00. The predicted octanol–water partition coefficient (Wildman–Crippen LogP) is 3.22. The molecule has 2 aliphatic rings. The van der Waals surface area contributed by atoms with E-state index in [2.05, 4.69) is 5.73 Å². The lowest BCUT2D eigenvalue weighted by atomic mass is 9.92. The van der Waals surface area contributed by atoms with Crippen LogP contribution in [0.3, 0.4) is 0 Å². The SMILES string of the molecule is COc1ccc(C2=CC(=O)CCc3c2cc(OC)c(OC)c3OC)cc1N.COc1ccc(C2=CC(=O)CCc3c2cc(OC)c(OC)c3OC)cc1[NH3+].Cl.[Cl-]. The summed E-state index contributed by atoms with van der Waals surface area (Å²) in [6.07, 6.45) is 5.22. The minimum Gasteiger partial charge on any atom is -1.00 e. The minimum atomic E-state index is 0. The number of nitrogens with two attached hydrogens (primary N) is 1. The third-order valence-electron chi connectivity index (χ3n) is 9.43. The Morgan fingerprint density at radius 1 is 0.500 bits per heavy atom. The summed E-state index contributed by atoms with van der Waals surface area (Å²) in [6.45, 7) is 0. The molecular formula is C42H48Cl2N2O10. The van der Waals surface area contributed by atoms with E-state index < -0.39 is 0 Å². The van der Waals surface area contributed by atoms with Crippen molar-refractivity contribution < 1.29 is 65.6 Å². The van der Waals surface area contributed by atoms with Gasteiger partial charge in [-0.1, -0.05) is 12.1 Å². The fourth-order valence-corrected chi connectivity index (χ4v) is 6.85. The summed E-state index contributed by atoms with van der Waals surface area (Å²) in [7, 11) is 12.6. The highest BCUT2D eigenvalue weighted by Crippen LogP contribution is 2.48. The molecular weight excluding hydrogens is 763 g/mol. The number of methoxy groups -OCH3 is 8. The van der Waals surface area contributed by atoms with Crippen LogP contribution in [-0.4, -0.2) is 68.4 Å². The molecule has 14 heteroatoms. The first-order chi connectivity index (χ1) is 26.1. The van der Waals surface area contributed by atoms with E-state index in [1.54, 1.807) is 81.2 Å². The van der Waals surface area contributed by atoms with Crippen LogP contribution in [0.4, 0.5) is 11.4 Å². The summed E-state index contributed by atoms with van der Waals surface area (Å²) >= 11 is 0. The van der Waals surface area contributed by atoms with Crippen LogP contribution in [0.2, 0.25) is 0 Å². The van der Waals surface area contributed by atoms with Gasteiger partial charge in [0.05, 0.1) is 62.6 Å². The van der Waals surface area contributed by atoms with Crippen molar-refractivity contribution in [2.45, 2.75) is 25.7 Å². The Morgan fingerprint density at radius 2 is 0.893 bits per heavy atom. The van der Waals surface area contributed by atoms with Crippen molar-refractivity contribution >= 4 is 46.5 Å². The molecule has 0 heterocycles. The Balaban J connectivity index is 0.000000290. The van der Waals surface area contributed by atoms with Crippen molar-refractivity contribution in [3.05, 3.63) is 94.1 Å². The number of nitrogen functional groups attached to an aromatic ring is 1. The van der Waals surface area contributed by atoms with Crippen LogP contribution in [0.5, 0.6) is 46.0 Å². The molecule has 0 amide bonds.